The van der Waals surface area contributed by atoms with Crippen molar-refractivity contribution in [3.05, 3.63) is 60.7 Å². The summed E-state index contributed by atoms with van der Waals surface area (Å²) in [5, 5.41) is 0. The molecule has 2 atom stereocenters. The Morgan fingerprint density at radius 2 is 1.19 bits per heavy atom. The number of ether oxygens (including phenoxy) is 3. The Morgan fingerprint density at radius 3 is 1.58 bits per heavy atom. The third-order valence-corrected chi connectivity index (χ3v) is 10.6. The van der Waals surface area contributed by atoms with Crippen LogP contribution in [0.15, 0.2) is 60.7 Å². The lowest BCUT2D eigenvalue weighted by Crippen LogP contribution is -2.51. The highest BCUT2D eigenvalue weighted by molar-refractivity contribution is 6.55. The highest BCUT2D eigenvalue weighted by Crippen LogP contribution is 2.25. The van der Waals surface area contributed by atoms with Crippen LogP contribution in [0.5, 0.6) is 11.5 Å². The fourth-order valence-corrected chi connectivity index (χ4v) is 8.62. The van der Waals surface area contributed by atoms with Crippen molar-refractivity contribution in [2.24, 2.45) is 11.8 Å². The van der Waals surface area contributed by atoms with Gasteiger partial charge in [0.05, 0.1) is 13.2 Å². The molecular weight excluding hydrogens is 482 g/mol. The molecule has 0 bridgehead atoms. The molecule has 1 fully saturated rings. The van der Waals surface area contributed by atoms with E-state index in [-0.39, 0.29) is 15.5 Å². The molecular formula is C29H44Al2O5. The van der Waals surface area contributed by atoms with Gasteiger partial charge in [-0.15, -0.1) is 0 Å². The summed E-state index contributed by atoms with van der Waals surface area (Å²) in [6.45, 7) is 11.0. The maximum absolute atomic E-state index is 6.44. The van der Waals surface area contributed by atoms with E-state index in [9.17, 15) is 0 Å². The summed E-state index contributed by atoms with van der Waals surface area (Å²) in [6.07, 6.45) is 5.44. The minimum absolute atomic E-state index is 0.0535. The zero-order valence-corrected chi connectivity index (χ0v) is 25.5. The smallest absolute Gasteiger partial charge is 0.458 e. The summed E-state index contributed by atoms with van der Waals surface area (Å²) < 4.78 is 31.7. The average Bonchev–Trinajstić information content (AvgIpc) is 2.85. The summed E-state index contributed by atoms with van der Waals surface area (Å²) in [6, 6.07) is 20.1. The van der Waals surface area contributed by atoms with E-state index >= 15 is 0 Å². The van der Waals surface area contributed by atoms with Crippen LogP contribution in [0.2, 0.25) is 0 Å². The first kappa shape index (κ1) is 29.5. The van der Waals surface area contributed by atoms with Gasteiger partial charge in [0.15, 0.2) is 0 Å². The molecule has 7 heteroatoms. The second-order valence-corrected chi connectivity index (χ2v) is 15.9. The molecule has 0 amide bonds. The zero-order valence-electron chi connectivity index (χ0n) is 22.7. The van der Waals surface area contributed by atoms with Crippen LogP contribution < -0.4 is 9.47 Å². The second kappa shape index (κ2) is 16.1. The summed E-state index contributed by atoms with van der Waals surface area (Å²) in [4.78, 5) is 0. The molecule has 2 aromatic carbocycles. The van der Waals surface area contributed by atoms with Gasteiger partial charge >= 0.3 is 31.1 Å². The minimum atomic E-state index is -0.937. The fraction of sp³-hybridized carbons (Fsp3) is 0.586. The highest BCUT2D eigenvalue weighted by atomic mass is 27.2. The van der Waals surface area contributed by atoms with Crippen molar-refractivity contribution in [3.63, 3.8) is 0 Å². The van der Waals surface area contributed by atoms with Crippen LogP contribution in [-0.4, -0.2) is 66.5 Å². The Hall–Kier alpha value is -1.02. The van der Waals surface area contributed by atoms with Crippen LogP contribution in [0.25, 0.3) is 0 Å². The maximum atomic E-state index is 6.44. The molecule has 2 unspecified atom stereocenters. The SMILES string of the molecule is CC(C)CC(C[O][AlH][C]1([AlH][O]CC(CC(C)C)Oc2ccccc2)CCCCO1)Oc1ccccc1. The predicted molar refractivity (Wildman–Crippen MR) is 149 cm³/mol. The number of rotatable bonds is 16. The van der Waals surface area contributed by atoms with Gasteiger partial charge in [-0.25, -0.2) is 0 Å². The predicted octanol–water partition coefficient (Wildman–Crippen LogP) is 5.56. The van der Waals surface area contributed by atoms with Crippen molar-refractivity contribution >= 4 is 31.1 Å². The van der Waals surface area contributed by atoms with E-state index in [1.165, 1.54) is 6.42 Å². The molecule has 0 N–H and O–H groups in total. The van der Waals surface area contributed by atoms with Gasteiger partial charge in [-0.3, -0.25) is 0 Å². The van der Waals surface area contributed by atoms with E-state index in [1.807, 2.05) is 60.7 Å². The first-order valence-corrected chi connectivity index (χ1v) is 16.2. The van der Waals surface area contributed by atoms with Gasteiger partial charge in [-0.2, -0.15) is 0 Å². The first-order valence-electron chi connectivity index (χ1n) is 13.7. The Balaban J connectivity index is 1.53. The monoisotopic (exact) mass is 526 g/mol. The Labute approximate surface area is 231 Å². The molecule has 5 nitrogen and oxygen atoms in total. The highest BCUT2D eigenvalue weighted by Gasteiger charge is 2.40. The number of benzene rings is 2. The lowest BCUT2D eigenvalue weighted by atomic mass is 10.1. The van der Waals surface area contributed by atoms with E-state index in [0.29, 0.717) is 25.0 Å². The summed E-state index contributed by atoms with van der Waals surface area (Å²) in [5.41, 5.74) is 0. The van der Waals surface area contributed by atoms with Gasteiger partial charge in [-0.05, 0) is 61.8 Å². The molecule has 0 spiro atoms. The summed E-state index contributed by atoms with van der Waals surface area (Å²) >= 11 is -1.87. The van der Waals surface area contributed by atoms with Gasteiger partial charge in [0, 0.05) is 9.93 Å². The van der Waals surface area contributed by atoms with Gasteiger partial charge in [-0.1, -0.05) is 70.5 Å². The molecule has 0 aromatic heterocycles. The third kappa shape index (κ3) is 11.2. The lowest BCUT2D eigenvalue weighted by molar-refractivity contribution is 0.00626. The number of para-hydroxylation sites is 2. The van der Waals surface area contributed by atoms with Crippen molar-refractivity contribution in [3.8, 4) is 11.5 Å². The molecule has 2 aromatic rings. The van der Waals surface area contributed by atoms with E-state index < -0.39 is 31.1 Å². The molecule has 1 aliphatic heterocycles. The number of hydrogen-bond donors (Lipinski definition) is 0. The van der Waals surface area contributed by atoms with Crippen LogP contribution in [0.4, 0.5) is 0 Å². The molecule has 1 saturated heterocycles. The molecule has 3 rings (SSSR count). The molecule has 0 radical (unpaired) electrons. The third-order valence-electron chi connectivity index (χ3n) is 6.33. The topological polar surface area (TPSA) is 46.2 Å². The van der Waals surface area contributed by atoms with Crippen LogP contribution >= 0.6 is 0 Å². The van der Waals surface area contributed by atoms with Crippen molar-refractivity contribution in [1.82, 2.24) is 0 Å². The maximum Gasteiger partial charge on any atom is 0.458 e. The molecule has 196 valence electrons. The molecule has 0 saturated carbocycles. The van der Waals surface area contributed by atoms with Gasteiger partial charge in [0.2, 0.25) is 0 Å². The van der Waals surface area contributed by atoms with Crippen molar-refractivity contribution in [2.75, 3.05) is 19.8 Å². The average molecular weight is 527 g/mol. The Kier molecular flexibility index (Phi) is 13.2. The normalized spacial score (nSPS) is 19.6. The van der Waals surface area contributed by atoms with Crippen LogP contribution in [0, 0.1) is 11.8 Å². The van der Waals surface area contributed by atoms with Gasteiger partial charge in [0.25, 0.3) is 0 Å². The summed E-state index contributed by atoms with van der Waals surface area (Å²) in [7, 11) is 0. The van der Waals surface area contributed by atoms with Crippen molar-refractivity contribution in [2.45, 2.75) is 75.3 Å². The van der Waals surface area contributed by atoms with E-state index in [4.69, 9.17) is 21.8 Å². The molecule has 1 aliphatic rings. The standard InChI is InChI=1S/2C12H17O2.C5H8O.2Al.2H/c2*1-10(2)8-12(9-13)14-11-6-4-3-5-7-11;1-2-4-6-5-3-1;;;;/h2*3-7,10,12H,8-9H2,1-2H3;1-4H2;;;;/q2*-1;;2*+1;;. The fourth-order valence-electron chi connectivity index (χ4n) is 4.67. The molecule has 36 heavy (non-hydrogen) atoms. The van der Waals surface area contributed by atoms with E-state index in [1.54, 1.807) is 0 Å². The van der Waals surface area contributed by atoms with Crippen LogP contribution in [-0.2, 0) is 12.3 Å². The second-order valence-electron chi connectivity index (χ2n) is 10.9. The Morgan fingerprint density at radius 1 is 0.722 bits per heavy atom. The van der Waals surface area contributed by atoms with Crippen LogP contribution in [0.1, 0.15) is 59.8 Å². The van der Waals surface area contributed by atoms with Gasteiger partial charge in [0.1, 0.15) is 23.7 Å². The van der Waals surface area contributed by atoms with Gasteiger partial charge < -0.3 is 21.8 Å². The van der Waals surface area contributed by atoms with Crippen LogP contribution in [0.3, 0.4) is 0 Å². The quantitative estimate of drug-likeness (QED) is 0.268. The number of hydrogen-bond acceptors (Lipinski definition) is 5. The van der Waals surface area contributed by atoms with Crippen molar-refractivity contribution < 1.29 is 21.8 Å². The van der Waals surface area contributed by atoms with E-state index in [0.717, 1.165) is 43.8 Å². The molecule has 1 heterocycles. The summed E-state index contributed by atoms with van der Waals surface area (Å²) in [5.74, 6) is 2.90. The molecule has 0 aliphatic carbocycles. The first-order chi connectivity index (χ1) is 17.4. The van der Waals surface area contributed by atoms with Crippen molar-refractivity contribution in [1.29, 1.82) is 0 Å². The Bertz CT molecular complexity index is 765. The largest absolute Gasteiger partial charge is 0.500 e. The lowest BCUT2D eigenvalue weighted by Gasteiger charge is -2.36. The van der Waals surface area contributed by atoms with E-state index in [2.05, 4.69) is 27.7 Å². The zero-order chi connectivity index (χ0) is 25.6. The minimum Gasteiger partial charge on any atom is -0.500 e.